The number of thiazole rings is 1. The fourth-order valence-corrected chi connectivity index (χ4v) is 3.16. The summed E-state index contributed by atoms with van der Waals surface area (Å²) < 4.78 is 17.0. The number of carboxylic acid groups (broad SMARTS) is 1. The van der Waals surface area contributed by atoms with Crippen LogP contribution in [-0.2, 0) is 25.3 Å². The molecule has 1 aromatic heterocycles. The first-order valence-electron chi connectivity index (χ1n) is 8.72. The Hall–Kier alpha value is -1.65. The molecule has 0 bridgehead atoms. The maximum atomic E-state index is 11.9. The number of ether oxygens (including phenoxy) is 1. The number of hydrogen-bond donors (Lipinski definition) is 2. The number of carbonyl (C=O) groups excluding carboxylic acids is 1. The lowest BCUT2D eigenvalue weighted by atomic mass is 9.86. The van der Waals surface area contributed by atoms with E-state index in [2.05, 4.69) is 10.3 Å². The fourth-order valence-electron chi connectivity index (χ4n) is 2.32. The zero-order valence-corrected chi connectivity index (χ0v) is 17.6. The summed E-state index contributed by atoms with van der Waals surface area (Å²) >= 11 is 1.30. The van der Waals surface area contributed by atoms with E-state index in [4.69, 9.17) is 14.0 Å². The van der Waals surface area contributed by atoms with E-state index < -0.39 is 42.0 Å². The van der Waals surface area contributed by atoms with Crippen LogP contribution < -0.4 is 10.9 Å². The average Bonchev–Trinajstić information content (AvgIpc) is 2.99. The van der Waals surface area contributed by atoms with Crippen molar-refractivity contribution in [3.8, 4) is 0 Å². The van der Waals surface area contributed by atoms with Crippen LogP contribution in [0.15, 0.2) is 5.38 Å². The second-order valence-corrected chi connectivity index (χ2v) is 9.44. The molecule has 0 aliphatic carbocycles. The van der Waals surface area contributed by atoms with Crippen molar-refractivity contribution in [2.24, 2.45) is 0 Å². The highest BCUT2D eigenvalue weighted by Gasteiger charge is 2.52. The van der Waals surface area contributed by atoms with Crippen molar-refractivity contribution >= 4 is 36.1 Å². The third kappa shape index (κ3) is 5.43. The van der Waals surface area contributed by atoms with Gasteiger partial charge in [-0.15, -0.1) is 11.3 Å². The first-order chi connectivity index (χ1) is 12.2. The topological polar surface area (TPSA) is 107 Å². The molecule has 0 spiro atoms. The fraction of sp³-hybridized carbons (Fsp3) is 0.706. The van der Waals surface area contributed by atoms with Gasteiger partial charge in [-0.25, -0.2) is 9.59 Å². The molecule has 2 N–H and O–H groups in total. The predicted molar refractivity (Wildman–Crippen MR) is 102 cm³/mol. The molecule has 1 fully saturated rings. The van der Waals surface area contributed by atoms with Gasteiger partial charge in [0.1, 0.15) is 11.6 Å². The molecule has 0 saturated carbocycles. The number of nitrogens with one attached hydrogen (secondary N) is 1. The summed E-state index contributed by atoms with van der Waals surface area (Å²) in [6, 6.07) is -1.14. The van der Waals surface area contributed by atoms with Gasteiger partial charge in [-0.05, 0) is 48.5 Å². The molecule has 1 aromatic rings. The molecule has 2 heterocycles. The van der Waals surface area contributed by atoms with Crippen molar-refractivity contribution < 1.29 is 28.7 Å². The highest BCUT2D eigenvalue weighted by atomic mass is 32.1. The van der Waals surface area contributed by atoms with E-state index in [0.717, 1.165) is 0 Å². The van der Waals surface area contributed by atoms with E-state index in [9.17, 15) is 14.7 Å². The normalized spacial score (nSPS) is 19.6. The van der Waals surface area contributed by atoms with Crippen molar-refractivity contribution in [2.75, 3.05) is 0 Å². The second kappa shape index (κ2) is 7.41. The van der Waals surface area contributed by atoms with Crippen LogP contribution in [-0.4, -0.2) is 52.1 Å². The van der Waals surface area contributed by atoms with E-state index in [1.165, 1.54) is 11.3 Å². The number of hydrogen-bond acceptors (Lipinski definition) is 7. The SMILES string of the molecule is CC(C)(C)OC(=O)N[C@@H](Cc1nc(B2OC(C)(C)C(C)(C)O2)cs1)C(=O)O. The number of carbonyl (C=O) groups is 2. The van der Waals surface area contributed by atoms with Crippen LogP contribution in [0.25, 0.3) is 0 Å². The zero-order chi connectivity index (χ0) is 20.6. The smallest absolute Gasteiger partial charge is 0.480 e. The molecule has 0 radical (unpaired) electrons. The summed E-state index contributed by atoms with van der Waals surface area (Å²) in [5, 5.41) is 14.1. The Morgan fingerprint density at radius 2 is 1.85 bits per heavy atom. The monoisotopic (exact) mass is 398 g/mol. The average molecular weight is 398 g/mol. The van der Waals surface area contributed by atoms with Gasteiger partial charge in [0.25, 0.3) is 0 Å². The predicted octanol–water partition coefficient (Wildman–Crippen LogP) is 1.96. The maximum absolute atomic E-state index is 11.9. The molecule has 1 aliphatic heterocycles. The molecule has 0 aromatic carbocycles. The summed E-state index contributed by atoms with van der Waals surface area (Å²) in [6.07, 6.45) is -0.740. The van der Waals surface area contributed by atoms with Gasteiger partial charge in [-0.1, -0.05) is 0 Å². The van der Waals surface area contributed by atoms with Gasteiger partial charge in [-0.3, -0.25) is 4.98 Å². The second-order valence-electron chi connectivity index (χ2n) is 8.50. The molecule has 150 valence electrons. The molecule has 8 nitrogen and oxygen atoms in total. The van der Waals surface area contributed by atoms with Gasteiger partial charge in [0, 0.05) is 11.8 Å². The summed E-state index contributed by atoms with van der Waals surface area (Å²) in [4.78, 5) is 27.8. The number of aromatic nitrogens is 1. The lowest BCUT2D eigenvalue weighted by molar-refractivity contribution is -0.139. The van der Waals surface area contributed by atoms with Gasteiger partial charge >= 0.3 is 19.2 Å². The summed E-state index contributed by atoms with van der Waals surface area (Å²) in [5.41, 5.74) is -1.08. The van der Waals surface area contributed by atoms with Crippen LogP contribution in [0.5, 0.6) is 0 Å². The summed E-state index contributed by atoms with van der Waals surface area (Å²) in [5.74, 6) is -1.16. The Labute approximate surface area is 163 Å². The maximum Gasteiger partial charge on any atom is 0.515 e. The van der Waals surface area contributed by atoms with Crippen LogP contribution in [0.3, 0.4) is 0 Å². The Kier molecular flexibility index (Phi) is 5.94. The first kappa shape index (κ1) is 21.7. The largest absolute Gasteiger partial charge is 0.515 e. The summed E-state index contributed by atoms with van der Waals surface area (Å²) in [7, 11) is -0.609. The third-order valence-corrected chi connectivity index (χ3v) is 5.32. The standard InChI is InChI=1S/C17H27BN2O6S/c1-15(2,3)24-14(23)19-10(13(21)22)8-12-20-11(9-27-12)18-25-16(4,5)17(6,7)26-18/h9-10H,8H2,1-7H3,(H,19,23)(H,21,22)/t10-/m0/s1. The number of aliphatic carboxylic acids is 1. The van der Waals surface area contributed by atoms with E-state index in [-0.39, 0.29) is 6.42 Å². The summed E-state index contributed by atoms with van der Waals surface area (Å²) in [6.45, 7) is 12.9. The molecule has 2 rings (SSSR count). The molecular weight excluding hydrogens is 371 g/mol. The molecule has 1 amide bonds. The molecule has 10 heteroatoms. The molecule has 1 aliphatic rings. The van der Waals surface area contributed by atoms with Crippen molar-refractivity contribution in [2.45, 2.75) is 77.7 Å². The van der Waals surface area contributed by atoms with Crippen LogP contribution in [0.2, 0.25) is 0 Å². The lowest BCUT2D eigenvalue weighted by Gasteiger charge is -2.32. The number of amides is 1. The zero-order valence-electron chi connectivity index (χ0n) is 16.8. The molecular formula is C17H27BN2O6S. The number of alkyl carbamates (subject to hydrolysis) is 1. The van der Waals surface area contributed by atoms with E-state index in [1.54, 1.807) is 26.2 Å². The Balaban J connectivity index is 2.05. The minimum Gasteiger partial charge on any atom is -0.480 e. The van der Waals surface area contributed by atoms with Gasteiger partial charge in [-0.2, -0.15) is 0 Å². The minimum atomic E-state index is -1.16. The molecule has 1 saturated heterocycles. The number of carboxylic acids is 1. The van der Waals surface area contributed by atoms with Crippen LogP contribution in [0.4, 0.5) is 4.79 Å². The van der Waals surface area contributed by atoms with Gasteiger partial charge in [0.05, 0.1) is 21.8 Å². The molecule has 0 unspecified atom stereocenters. The lowest BCUT2D eigenvalue weighted by Crippen LogP contribution is -2.44. The number of rotatable bonds is 5. The van der Waals surface area contributed by atoms with Gasteiger partial charge in [0.15, 0.2) is 0 Å². The molecule has 1 atom stereocenters. The van der Waals surface area contributed by atoms with Gasteiger partial charge < -0.3 is 24.5 Å². The van der Waals surface area contributed by atoms with Gasteiger partial charge in [0.2, 0.25) is 0 Å². The van der Waals surface area contributed by atoms with Crippen molar-refractivity contribution in [3.05, 3.63) is 10.4 Å². The number of nitrogens with zero attached hydrogens (tertiary/aromatic N) is 1. The minimum absolute atomic E-state index is 0.0404. The van der Waals surface area contributed by atoms with Crippen LogP contribution >= 0.6 is 11.3 Å². The van der Waals surface area contributed by atoms with E-state index in [0.29, 0.717) is 10.6 Å². The quantitative estimate of drug-likeness (QED) is 0.731. The highest BCUT2D eigenvalue weighted by molar-refractivity contribution is 7.10. The third-order valence-electron chi connectivity index (χ3n) is 4.43. The first-order valence-corrected chi connectivity index (χ1v) is 9.60. The van der Waals surface area contributed by atoms with Crippen LogP contribution in [0.1, 0.15) is 53.5 Å². The van der Waals surface area contributed by atoms with E-state index >= 15 is 0 Å². The van der Waals surface area contributed by atoms with Crippen molar-refractivity contribution in [3.63, 3.8) is 0 Å². The van der Waals surface area contributed by atoms with Crippen molar-refractivity contribution in [1.82, 2.24) is 10.3 Å². The molecule has 27 heavy (non-hydrogen) atoms. The Bertz CT molecular complexity index is 697. The Morgan fingerprint density at radius 1 is 1.30 bits per heavy atom. The van der Waals surface area contributed by atoms with E-state index in [1.807, 2.05) is 27.7 Å². The van der Waals surface area contributed by atoms with Crippen LogP contribution in [0, 0.1) is 0 Å². The Morgan fingerprint density at radius 3 is 2.33 bits per heavy atom. The highest BCUT2D eigenvalue weighted by Crippen LogP contribution is 2.36. The van der Waals surface area contributed by atoms with Crippen molar-refractivity contribution in [1.29, 1.82) is 0 Å².